The third-order valence-corrected chi connectivity index (χ3v) is 3.70. The molecule has 2 unspecified atom stereocenters. The number of esters is 1. The van der Waals surface area contributed by atoms with E-state index in [1.165, 1.54) is 7.11 Å². The molecule has 0 saturated carbocycles. The Labute approximate surface area is 117 Å². The third kappa shape index (κ3) is 2.27. The quantitative estimate of drug-likeness (QED) is 0.787. The number of ether oxygens (including phenoxy) is 2. The third-order valence-electron chi connectivity index (χ3n) is 3.70. The van der Waals surface area contributed by atoms with Gasteiger partial charge in [-0.2, -0.15) is 0 Å². The summed E-state index contributed by atoms with van der Waals surface area (Å²) < 4.78 is 10.7. The molecular weight excluding hydrogens is 254 g/mol. The number of nitrogens with zero attached hydrogens (tertiary/aromatic N) is 1. The summed E-state index contributed by atoms with van der Waals surface area (Å²) in [7, 11) is 1.37. The van der Waals surface area contributed by atoms with Gasteiger partial charge in [0.05, 0.1) is 18.9 Å². The number of benzene rings is 1. The van der Waals surface area contributed by atoms with Crippen LogP contribution in [0.3, 0.4) is 0 Å². The van der Waals surface area contributed by atoms with E-state index in [0.717, 1.165) is 29.3 Å². The van der Waals surface area contributed by atoms with Gasteiger partial charge in [0.2, 0.25) is 0 Å². The van der Waals surface area contributed by atoms with E-state index in [1.54, 1.807) is 6.07 Å². The van der Waals surface area contributed by atoms with Gasteiger partial charge in [-0.25, -0.2) is 9.78 Å². The Morgan fingerprint density at radius 3 is 2.85 bits per heavy atom. The van der Waals surface area contributed by atoms with Crippen molar-refractivity contribution in [3.63, 3.8) is 0 Å². The molecule has 2 aromatic rings. The van der Waals surface area contributed by atoms with Crippen molar-refractivity contribution in [2.24, 2.45) is 0 Å². The molecule has 2 heterocycles. The fourth-order valence-electron chi connectivity index (χ4n) is 2.68. The van der Waals surface area contributed by atoms with Gasteiger partial charge in [0, 0.05) is 5.39 Å². The topological polar surface area (TPSA) is 48.4 Å². The highest BCUT2D eigenvalue weighted by Crippen LogP contribution is 2.35. The van der Waals surface area contributed by atoms with Crippen LogP contribution in [0.15, 0.2) is 30.3 Å². The average molecular weight is 271 g/mol. The lowest BCUT2D eigenvalue weighted by Gasteiger charge is -2.14. The molecule has 0 amide bonds. The van der Waals surface area contributed by atoms with Gasteiger partial charge in [0.1, 0.15) is 11.8 Å². The van der Waals surface area contributed by atoms with Crippen LogP contribution in [0.5, 0.6) is 0 Å². The van der Waals surface area contributed by atoms with Crippen molar-refractivity contribution in [1.82, 2.24) is 4.98 Å². The summed E-state index contributed by atoms with van der Waals surface area (Å²) in [6, 6.07) is 9.69. The molecule has 0 radical (unpaired) electrons. The maximum atomic E-state index is 11.8. The number of hydrogen-bond donors (Lipinski definition) is 0. The van der Waals surface area contributed by atoms with Gasteiger partial charge in [-0.1, -0.05) is 24.3 Å². The fourth-order valence-corrected chi connectivity index (χ4v) is 2.68. The summed E-state index contributed by atoms with van der Waals surface area (Å²) in [6.45, 7) is 2.06. The zero-order valence-corrected chi connectivity index (χ0v) is 11.6. The number of aromatic nitrogens is 1. The molecule has 104 valence electrons. The van der Waals surface area contributed by atoms with Crippen molar-refractivity contribution in [3.8, 4) is 0 Å². The highest BCUT2D eigenvalue weighted by Gasteiger charge is 2.27. The van der Waals surface area contributed by atoms with Crippen molar-refractivity contribution < 1.29 is 14.3 Å². The van der Waals surface area contributed by atoms with E-state index in [0.29, 0.717) is 5.69 Å². The standard InChI is InChI=1S/C16H17NO3/c1-10-7-8-14(20-10)15-12-6-4-3-5-11(12)9-13(17-15)16(18)19-2/h3-6,9-10,14H,7-8H2,1-2H3. The van der Waals surface area contributed by atoms with Crippen LogP contribution in [0, 0.1) is 0 Å². The van der Waals surface area contributed by atoms with E-state index in [2.05, 4.69) is 11.9 Å². The first-order valence-corrected chi connectivity index (χ1v) is 6.82. The van der Waals surface area contributed by atoms with Gasteiger partial charge in [-0.15, -0.1) is 0 Å². The monoisotopic (exact) mass is 271 g/mol. The lowest BCUT2D eigenvalue weighted by molar-refractivity contribution is 0.0528. The predicted octanol–water partition coefficient (Wildman–Crippen LogP) is 3.26. The fraction of sp³-hybridized carbons (Fsp3) is 0.375. The summed E-state index contributed by atoms with van der Waals surface area (Å²) in [5, 5.41) is 2.03. The van der Waals surface area contributed by atoms with Crippen LogP contribution in [-0.2, 0) is 9.47 Å². The molecule has 1 aromatic heterocycles. The molecule has 20 heavy (non-hydrogen) atoms. The second kappa shape index (κ2) is 5.21. The number of carbonyl (C=O) groups is 1. The Kier molecular flexibility index (Phi) is 3.40. The van der Waals surface area contributed by atoms with E-state index in [1.807, 2.05) is 24.3 Å². The van der Waals surface area contributed by atoms with Crippen molar-refractivity contribution in [3.05, 3.63) is 41.7 Å². The van der Waals surface area contributed by atoms with Gasteiger partial charge in [0.25, 0.3) is 0 Å². The second-order valence-electron chi connectivity index (χ2n) is 5.12. The Morgan fingerprint density at radius 1 is 1.35 bits per heavy atom. The van der Waals surface area contributed by atoms with Crippen molar-refractivity contribution in [2.45, 2.75) is 32.0 Å². The summed E-state index contributed by atoms with van der Waals surface area (Å²) in [6.07, 6.45) is 2.15. The van der Waals surface area contributed by atoms with Crippen molar-refractivity contribution in [1.29, 1.82) is 0 Å². The number of rotatable bonds is 2. The van der Waals surface area contributed by atoms with Crippen LogP contribution in [0.1, 0.15) is 42.1 Å². The molecule has 0 bridgehead atoms. The molecule has 1 aliphatic rings. The molecule has 0 N–H and O–H groups in total. The normalized spacial score (nSPS) is 22.1. The minimum Gasteiger partial charge on any atom is -0.464 e. The minimum atomic E-state index is -0.414. The molecule has 4 heteroatoms. The van der Waals surface area contributed by atoms with Gasteiger partial charge in [-0.3, -0.25) is 0 Å². The van der Waals surface area contributed by atoms with Crippen molar-refractivity contribution in [2.75, 3.05) is 7.11 Å². The number of carbonyl (C=O) groups excluding carboxylic acids is 1. The number of pyridine rings is 1. The zero-order chi connectivity index (χ0) is 14.1. The Balaban J connectivity index is 2.15. The van der Waals surface area contributed by atoms with Crippen LogP contribution in [0.25, 0.3) is 10.8 Å². The highest BCUT2D eigenvalue weighted by molar-refractivity contribution is 5.94. The number of hydrogen-bond acceptors (Lipinski definition) is 4. The molecule has 0 spiro atoms. The smallest absolute Gasteiger partial charge is 0.356 e. The SMILES string of the molecule is COC(=O)c1cc2ccccc2c(C2CCC(C)O2)n1. The Morgan fingerprint density at radius 2 is 2.15 bits per heavy atom. The highest BCUT2D eigenvalue weighted by atomic mass is 16.5. The molecule has 0 aliphatic carbocycles. The van der Waals surface area contributed by atoms with Crippen molar-refractivity contribution >= 4 is 16.7 Å². The largest absolute Gasteiger partial charge is 0.464 e. The maximum Gasteiger partial charge on any atom is 0.356 e. The van der Waals surface area contributed by atoms with Crippen LogP contribution >= 0.6 is 0 Å². The molecule has 1 aliphatic heterocycles. The van der Waals surface area contributed by atoms with Crippen LogP contribution < -0.4 is 0 Å². The molecule has 4 nitrogen and oxygen atoms in total. The molecule has 1 fully saturated rings. The molecule has 1 saturated heterocycles. The van der Waals surface area contributed by atoms with Gasteiger partial charge < -0.3 is 9.47 Å². The first kappa shape index (κ1) is 13.1. The average Bonchev–Trinajstić information content (AvgIpc) is 2.91. The summed E-state index contributed by atoms with van der Waals surface area (Å²) in [4.78, 5) is 16.3. The number of methoxy groups -OCH3 is 1. The molecule has 2 atom stereocenters. The summed E-state index contributed by atoms with van der Waals surface area (Å²) in [5.74, 6) is -0.414. The Bertz CT molecular complexity index is 653. The Hall–Kier alpha value is -1.94. The lowest BCUT2D eigenvalue weighted by atomic mass is 10.0. The van der Waals surface area contributed by atoms with Crippen LogP contribution in [-0.4, -0.2) is 24.2 Å². The first-order valence-electron chi connectivity index (χ1n) is 6.82. The summed E-state index contributed by atoms with van der Waals surface area (Å²) in [5.41, 5.74) is 1.18. The van der Waals surface area contributed by atoms with Crippen LogP contribution in [0.4, 0.5) is 0 Å². The molecule has 3 rings (SSSR count). The van der Waals surface area contributed by atoms with Gasteiger partial charge in [0.15, 0.2) is 0 Å². The summed E-state index contributed by atoms with van der Waals surface area (Å²) >= 11 is 0. The van der Waals surface area contributed by atoms with E-state index in [9.17, 15) is 4.79 Å². The molecular formula is C16H17NO3. The zero-order valence-electron chi connectivity index (χ0n) is 11.6. The first-order chi connectivity index (χ1) is 9.69. The van der Waals surface area contributed by atoms with E-state index in [4.69, 9.17) is 9.47 Å². The predicted molar refractivity (Wildman–Crippen MR) is 75.6 cm³/mol. The van der Waals surface area contributed by atoms with E-state index >= 15 is 0 Å². The maximum absolute atomic E-state index is 11.8. The van der Waals surface area contributed by atoms with Gasteiger partial charge >= 0.3 is 5.97 Å². The molecule has 1 aromatic carbocycles. The van der Waals surface area contributed by atoms with Gasteiger partial charge in [-0.05, 0) is 31.2 Å². The lowest BCUT2D eigenvalue weighted by Crippen LogP contribution is -2.10. The van der Waals surface area contributed by atoms with Crippen LogP contribution in [0.2, 0.25) is 0 Å². The minimum absolute atomic E-state index is 0.0421. The van der Waals surface area contributed by atoms with E-state index in [-0.39, 0.29) is 12.2 Å². The van der Waals surface area contributed by atoms with E-state index < -0.39 is 5.97 Å². The second-order valence-corrected chi connectivity index (χ2v) is 5.12. The number of fused-ring (bicyclic) bond motifs is 1.